The Kier molecular flexibility index (Phi) is 4.86. The molecule has 1 aliphatic rings. The monoisotopic (exact) mass is 281 g/mol. The van der Waals surface area contributed by atoms with Crippen molar-refractivity contribution in [3.8, 4) is 0 Å². The van der Waals surface area contributed by atoms with Crippen molar-refractivity contribution in [1.82, 2.24) is 15.1 Å². The Morgan fingerprint density at radius 2 is 2.15 bits per heavy atom. The number of rotatable bonds is 7. The van der Waals surface area contributed by atoms with Gasteiger partial charge in [-0.3, -0.25) is 9.59 Å². The average molecular weight is 281 g/mol. The fourth-order valence-electron chi connectivity index (χ4n) is 1.83. The number of aromatic nitrogens is 2. The number of amides is 1. The Morgan fingerprint density at radius 3 is 2.75 bits per heavy atom. The third-order valence-corrected chi connectivity index (χ3v) is 3.17. The zero-order valence-electron chi connectivity index (χ0n) is 11.7. The van der Waals surface area contributed by atoms with E-state index in [9.17, 15) is 9.59 Å². The van der Waals surface area contributed by atoms with Gasteiger partial charge in [0, 0.05) is 26.2 Å². The van der Waals surface area contributed by atoms with Crippen molar-refractivity contribution in [1.29, 1.82) is 0 Å². The molecule has 1 aromatic rings. The summed E-state index contributed by atoms with van der Waals surface area (Å²) in [6, 6.07) is 3.20. The number of carbonyl (C=O) groups excluding carboxylic acids is 1. The van der Waals surface area contributed by atoms with Crippen LogP contribution in [0.15, 0.2) is 16.9 Å². The maximum atomic E-state index is 11.8. The quantitative estimate of drug-likeness (QED) is 0.703. The molecule has 1 amide bonds. The first-order valence-electron chi connectivity index (χ1n) is 6.54. The number of hydrogen-bond acceptors (Lipinski definition) is 5. The first kappa shape index (κ1) is 14.7. The lowest BCUT2D eigenvalue weighted by Crippen LogP contribution is -2.38. The highest BCUT2D eigenvalue weighted by molar-refractivity contribution is 5.75. The SMILES string of the molecule is COC(CNC(=O)Cn1nc(C2CC2)ccc1=O)OC. The lowest BCUT2D eigenvalue weighted by Gasteiger charge is -2.14. The molecule has 1 saturated carbocycles. The molecule has 1 aliphatic carbocycles. The molecule has 0 saturated heterocycles. The number of nitrogens with zero attached hydrogens (tertiary/aromatic N) is 2. The van der Waals surface area contributed by atoms with Crippen LogP contribution in [0.3, 0.4) is 0 Å². The van der Waals surface area contributed by atoms with E-state index in [2.05, 4.69) is 10.4 Å². The molecule has 0 spiro atoms. The van der Waals surface area contributed by atoms with Crippen LogP contribution >= 0.6 is 0 Å². The van der Waals surface area contributed by atoms with Crippen LogP contribution in [0.2, 0.25) is 0 Å². The molecule has 0 radical (unpaired) electrons. The van der Waals surface area contributed by atoms with Gasteiger partial charge in [-0.25, -0.2) is 4.68 Å². The maximum Gasteiger partial charge on any atom is 0.267 e. The van der Waals surface area contributed by atoms with E-state index in [-0.39, 0.29) is 24.6 Å². The van der Waals surface area contributed by atoms with Crippen LogP contribution in [0.25, 0.3) is 0 Å². The Morgan fingerprint density at radius 1 is 1.45 bits per heavy atom. The molecule has 110 valence electrons. The van der Waals surface area contributed by atoms with E-state index in [1.54, 1.807) is 6.07 Å². The Labute approximate surface area is 116 Å². The largest absolute Gasteiger partial charge is 0.354 e. The molecule has 20 heavy (non-hydrogen) atoms. The number of hydrogen-bond donors (Lipinski definition) is 1. The van der Waals surface area contributed by atoms with Gasteiger partial charge < -0.3 is 14.8 Å². The van der Waals surface area contributed by atoms with Gasteiger partial charge in [-0.2, -0.15) is 5.10 Å². The van der Waals surface area contributed by atoms with Crippen molar-refractivity contribution in [2.45, 2.75) is 31.6 Å². The molecule has 0 aromatic carbocycles. The van der Waals surface area contributed by atoms with E-state index in [0.717, 1.165) is 18.5 Å². The molecule has 1 N–H and O–H groups in total. The summed E-state index contributed by atoms with van der Waals surface area (Å²) in [5.41, 5.74) is 0.601. The van der Waals surface area contributed by atoms with E-state index in [1.807, 2.05) is 0 Å². The fraction of sp³-hybridized carbons (Fsp3) is 0.615. The Balaban J connectivity index is 1.93. The standard InChI is InChI=1S/C13H19N3O4/c1-19-13(20-2)7-14-11(17)8-16-12(18)6-5-10(15-16)9-3-4-9/h5-6,9,13H,3-4,7-8H2,1-2H3,(H,14,17). The minimum absolute atomic E-state index is 0.0977. The van der Waals surface area contributed by atoms with Gasteiger partial charge in [0.05, 0.1) is 12.2 Å². The smallest absolute Gasteiger partial charge is 0.267 e. The normalized spacial score (nSPS) is 14.6. The van der Waals surface area contributed by atoms with Crippen LogP contribution in [0, 0.1) is 0 Å². The van der Waals surface area contributed by atoms with Crippen LogP contribution in [-0.2, 0) is 20.8 Å². The van der Waals surface area contributed by atoms with E-state index >= 15 is 0 Å². The van der Waals surface area contributed by atoms with Gasteiger partial charge in [0.1, 0.15) is 6.54 Å². The van der Waals surface area contributed by atoms with Gasteiger partial charge in [-0.15, -0.1) is 0 Å². The van der Waals surface area contributed by atoms with Crippen LogP contribution in [0.4, 0.5) is 0 Å². The Bertz CT molecular complexity index is 521. The number of carbonyl (C=O) groups is 1. The van der Waals surface area contributed by atoms with Gasteiger partial charge in [0.25, 0.3) is 5.56 Å². The van der Waals surface area contributed by atoms with Crippen molar-refractivity contribution in [3.05, 3.63) is 28.2 Å². The number of ether oxygens (including phenoxy) is 2. The lowest BCUT2D eigenvalue weighted by molar-refractivity contribution is -0.128. The molecule has 0 unspecified atom stereocenters. The predicted octanol–water partition coefficient (Wildman–Crippen LogP) is -0.144. The minimum Gasteiger partial charge on any atom is -0.354 e. The number of nitrogens with one attached hydrogen (secondary N) is 1. The summed E-state index contributed by atoms with van der Waals surface area (Å²) in [5.74, 6) is 0.142. The average Bonchev–Trinajstić information content (AvgIpc) is 3.27. The van der Waals surface area contributed by atoms with Gasteiger partial charge in [-0.05, 0) is 18.9 Å². The zero-order chi connectivity index (χ0) is 14.5. The molecule has 1 heterocycles. The van der Waals surface area contributed by atoms with Gasteiger partial charge in [0.15, 0.2) is 6.29 Å². The summed E-state index contributed by atoms with van der Waals surface area (Å²) in [6.45, 7) is 0.127. The van der Waals surface area contributed by atoms with Crippen LogP contribution < -0.4 is 10.9 Å². The summed E-state index contributed by atoms with van der Waals surface area (Å²) in [4.78, 5) is 23.4. The van der Waals surface area contributed by atoms with Gasteiger partial charge >= 0.3 is 0 Å². The molecule has 7 heteroatoms. The Hall–Kier alpha value is -1.73. The zero-order valence-corrected chi connectivity index (χ0v) is 11.7. The molecule has 7 nitrogen and oxygen atoms in total. The lowest BCUT2D eigenvalue weighted by atomic mass is 10.3. The predicted molar refractivity (Wildman–Crippen MR) is 71.3 cm³/mol. The molecule has 0 aliphatic heterocycles. The first-order chi connectivity index (χ1) is 9.63. The summed E-state index contributed by atoms with van der Waals surface area (Å²) in [6.07, 6.45) is 1.70. The van der Waals surface area contributed by atoms with E-state index in [4.69, 9.17) is 9.47 Å². The summed E-state index contributed by atoms with van der Waals surface area (Å²) < 4.78 is 11.1. The van der Waals surface area contributed by atoms with Crippen LogP contribution in [-0.4, -0.2) is 42.7 Å². The van der Waals surface area contributed by atoms with Crippen LogP contribution in [0.1, 0.15) is 24.5 Å². The van der Waals surface area contributed by atoms with Crippen molar-refractivity contribution in [2.75, 3.05) is 20.8 Å². The molecular weight excluding hydrogens is 262 g/mol. The molecule has 2 rings (SSSR count). The molecular formula is C13H19N3O4. The minimum atomic E-state index is -0.499. The van der Waals surface area contributed by atoms with Crippen molar-refractivity contribution in [3.63, 3.8) is 0 Å². The summed E-state index contributed by atoms with van der Waals surface area (Å²) in [5, 5.41) is 6.86. The third kappa shape index (κ3) is 3.88. The van der Waals surface area contributed by atoms with E-state index in [0.29, 0.717) is 5.92 Å². The molecule has 0 bridgehead atoms. The maximum absolute atomic E-state index is 11.8. The highest BCUT2D eigenvalue weighted by atomic mass is 16.7. The molecule has 1 aromatic heterocycles. The fourth-order valence-corrected chi connectivity index (χ4v) is 1.83. The van der Waals surface area contributed by atoms with Gasteiger partial charge in [-0.1, -0.05) is 0 Å². The van der Waals surface area contributed by atoms with Gasteiger partial charge in [0.2, 0.25) is 5.91 Å². The molecule has 0 atom stereocenters. The highest BCUT2D eigenvalue weighted by Gasteiger charge is 2.25. The number of methoxy groups -OCH3 is 2. The highest BCUT2D eigenvalue weighted by Crippen LogP contribution is 2.38. The third-order valence-electron chi connectivity index (χ3n) is 3.17. The topological polar surface area (TPSA) is 82.5 Å². The van der Waals surface area contributed by atoms with Crippen molar-refractivity contribution >= 4 is 5.91 Å². The second kappa shape index (κ2) is 6.62. The van der Waals surface area contributed by atoms with Crippen molar-refractivity contribution in [2.24, 2.45) is 0 Å². The molecule has 1 fully saturated rings. The van der Waals surface area contributed by atoms with Crippen molar-refractivity contribution < 1.29 is 14.3 Å². The van der Waals surface area contributed by atoms with E-state index < -0.39 is 6.29 Å². The second-order valence-electron chi connectivity index (χ2n) is 4.73. The van der Waals surface area contributed by atoms with Crippen LogP contribution in [0.5, 0.6) is 0 Å². The first-order valence-corrected chi connectivity index (χ1v) is 6.54. The summed E-state index contributed by atoms with van der Waals surface area (Å²) >= 11 is 0. The van der Waals surface area contributed by atoms with E-state index in [1.165, 1.54) is 25.0 Å². The summed E-state index contributed by atoms with van der Waals surface area (Å²) in [7, 11) is 2.98. The second-order valence-corrected chi connectivity index (χ2v) is 4.73.